The molecule has 1 aromatic carbocycles. The molecule has 0 saturated heterocycles. The number of esters is 1. The summed E-state index contributed by atoms with van der Waals surface area (Å²) in [5.41, 5.74) is 0.521. The lowest BCUT2D eigenvalue weighted by Gasteiger charge is -2.07. The largest absolute Gasteiger partial charge is 0.428 e. The highest BCUT2D eigenvalue weighted by atomic mass is 16.7. The number of amidine groups is 1. The molecule has 0 aromatic heterocycles. The number of alkyl carbamates (subject to hydrolysis) is 1. The number of rotatable bonds is 3. The van der Waals surface area contributed by atoms with Crippen LogP contribution in [0.5, 0.6) is 0 Å². The third kappa shape index (κ3) is 4.78. The first kappa shape index (κ1) is 12.7. The third-order valence-electron chi connectivity index (χ3n) is 1.69. The number of hydrogen-bond acceptors (Lipinski definition) is 5. The highest BCUT2D eigenvalue weighted by Gasteiger charge is 2.07. The molecule has 0 bridgehead atoms. The molecular weight excluding hydrogens is 224 g/mol. The maximum absolute atomic E-state index is 11.1. The van der Waals surface area contributed by atoms with Gasteiger partial charge in [0.2, 0.25) is 6.79 Å². The minimum absolute atomic E-state index is 0.105. The normalized spacial score (nSPS) is 9.24. The molecule has 1 radical (unpaired) electrons. The Kier molecular flexibility index (Phi) is 4.68. The molecule has 0 unspecified atom stereocenters. The van der Waals surface area contributed by atoms with Crippen LogP contribution in [0.2, 0.25) is 0 Å². The zero-order valence-corrected chi connectivity index (χ0v) is 9.15. The van der Waals surface area contributed by atoms with Gasteiger partial charge >= 0.3 is 12.1 Å². The minimum Gasteiger partial charge on any atom is -0.428 e. The van der Waals surface area contributed by atoms with Crippen molar-refractivity contribution in [3.05, 3.63) is 35.9 Å². The van der Waals surface area contributed by atoms with E-state index in [4.69, 9.17) is 5.41 Å². The van der Waals surface area contributed by atoms with Crippen LogP contribution < -0.4 is 5.32 Å². The monoisotopic (exact) mass is 235 g/mol. The van der Waals surface area contributed by atoms with Gasteiger partial charge in [0, 0.05) is 12.5 Å². The quantitative estimate of drug-likeness (QED) is 0.355. The molecule has 1 rings (SSSR count). The molecule has 0 saturated carbocycles. The zero-order chi connectivity index (χ0) is 12.7. The smallest absolute Gasteiger partial charge is 0.415 e. The molecule has 0 aliphatic rings. The topological polar surface area (TPSA) is 88.5 Å². The van der Waals surface area contributed by atoms with E-state index in [1.54, 1.807) is 24.3 Å². The number of nitrogens with one attached hydrogen (secondary N) is 2. The van der Waals surface area contributed by atoms with Crippen molar-refractivity contribution >= 4 is 17.9 Å². The summed E-state index contributed by atoms with van der Waals surface area (Å²) in [6.07, 6.45) is -0.857. The van der Waals surface area contributed by atoms with Gasteiger partial charge in [-0.15, -0.1) is 0 Å². The minimum atomic E-state index is -0.857. The number of carbonyl (C=O) groups is 2. The summed E-state index contributed by atoms with van der Waals surface area (Å²) in [6, 6.07) is 9.27. The van der Waals surface area contributed by atoms with Crippen LogP contribution in [0.25, 0.3) is 0 Å². The van der Waals surface area contributed by atoms with Gasteiger partial charge in [0.1, 0.15) is 5.84 Å². The molecule has 1 aromatic rings. The first-order chi connectivity index (χ1) is 8.09. The van der Waals surface area contributed by atoms with E-state index < -0.39 is 18.9 Å². The van der Waals surface area contributed by atoms with Crippen molar-refractivity contribution in [2.45, 2.75) is 6.92 Å². The summed E-state index contributed by atoms with van der Waals surface area (Å²) >= 11 is 0. The van der Waals surface area contributed by atoms with Crippen molar-refractivity contribution in [2.24, 2.45) is 0 Å². The number of ether oxygens (including phenoxy) is 2. The van der Waals surface area contributed by atoms with Crippen molar-refractivity contribution in [1.82, 2.24) is 5.32 Å². The zero-order valence-electron chi connectivity index (χ0n) is 9.15. The van der Waals surface area contributed by atoms with E-state index in [0.717, 1.165) is 0 Å². The van der Waals surface area contributed by atoms with Crippen LogP contribution in [-0.2, 0) is 14.3 Å². The summed E-state index contributed by atoms with van der Waals surface area (Å²) in [4.78, 5) is 21.5. The number of carbonyl (C=O) groups excluding carboxylic acids is 2. The predicted molar refractivity (Wildman–Crippen MR) is 58.4 cm³/mol. The second kappa shape index (κ2) is 6.26. The van der Waals surface area contributed by atoms with Gasteiger partial charge in [-0.2, -0.15) is 0 Å². The fourth-order valence-electron chi connectivity index (χ4n) is 0.930. The van der Waals surface area contributed by atoms with Gasteiger partial charge in [-0.1, -0.05) is 24.3 Å². The van der Waals surface area contributed by atoms with E-state index in [2.05, 4.69) is 20.9 Å². The Morgan fingerprint density at radius 2 is 2.00 bits per heavy atom. The molecule has 6 heteroatoms. The van der Waals surface area contributed by atoms with Crippen molar-refractivity contribution in [1.29, 1.82) is 5.41 Å². The lowest BCUT2D eigenvalue weighted by molar-refractivity contribution is -0.148. The fraction of sp³-hybridized carbons (Fsp3) is 0.182. The van der Waals surface area contributed by atoms with Crippen LogP contribution in [0.4, 0.5) is 4.79 Å². The molecule has 0 atom stereocenters. The van der Waals surface area contributed by atoms with E-state index in [0.29, 0.717) is 5.56 Å². The lowest BCUT2D eigenvalue weighted by Crippen LogP contribution is -2.31. The summed E-state index contributed by atoms with van der Waals surface area (Å²) in [5.74, 6) is -0.654. The number of amides is 1. The Hall–Kier alpha value is -2.37. The maximum Gasteiger partial charge on any atom is 0.415 e. The van der Waals surface area contributed by atoms with Crippen LogP contribution in [0, 0.1) is 11.5 Å². The van der Waals surface area contributed by atoms with E-state index in [-0.39, 0.29) is 5.84 Å². The van der Waals surface area contributed by atoms with Crippen LogP contribution in [0.1, 0.15) is 12.5 Å². The Balaban J connectivity index is 2.36. The van der Waals surface area contributed by atoms with Crippen LogP contribution in [-0.4, -0.2) is 24.7 Å². The molecule has 89 valence electrons. The molecular formula is C11H11N2O4. The Labute approximate surface area is 98.0 Å². The molecule has 0 spiro atoms. The summed E-state index contributed by atoms with van der Waals surface area (Å²) in [5, 5.41) is 9.73. The van der Waals surface area contributed by atoms with Gasteiger partial charge in [0.15, 0.2) is 0 Å². The average Bonchev–Trinajstić information content (AvgIpc) is 2.29. The van der Waals surface area contributed by atoms with E-state index in [9.17, 15) is 9.59 Å². The molecule has 6 nitrogen and oxygen atoms in total. The predicted octanol–water partition coefficient (Wildman–Crippen LogP) is 1.06. The third-order valence-corrected chi connectivity index (χ3v) is 1.69. The molecule has 0 fully saturated rings. The number of benzene rings is 1. The van der Waals surface area contributed by atoms with Gasteiger partial charge in [-0.25, -0.2) is 4.79 Å². The maximum atomic E-state index is 11.1. The summed E-state index contributed by atoms with van der Waals surface area (Å²) in [6.45, 7) is 0.723. The van der Waals surface area contributed by atoms with Crippen LogP contribution >= 0.6 is 0 Å². The molecule has 0 heterocycles. The van der Waals surface area contributed by atoms with E-state index >= 15 is 0 Å². The van der Waals surface area contributed by atoms with Crippen molar-refractivity contribution < 1.29 is 19.1 Å². The van der Waals surface area contributed by atoms with Crippen LogP contribution in [0.15, 0.2) is 24.3 Å². The van der Waals surface area contributed by atoms with E-state index in [1.807, 2.05) is 0 Å². The molecule has 17 heavy (non-hydrogen) atoms. The van der Waals surface area contributed by atoms with Crippen molar-refractivity contribution in [3.63, 3.8) is 0 Å². The van der Waals surface area contributed by atoms with Gasteiger partial charge in [-0.3, -0.25) is 15.5 Å². The van der Waals surface area contributed by atoms with Gasteiger partial charge in [0.25, 0.3) is 0 Å². The summed E-state index contributed by atoms with van der Waals surface area (Å²) < 4.78 is 8.91. The Bertz CT molecular complexity index is 417. The van der Waals surface area contributed by atoms with Gasteiger partial charge < -0.3 is 9.47 Å². The standard InChI is InChI=1S/C11H11N2O4/c1-8(14)16-7-17-11(15)13-10(12)9-5-3-2-4-6-9/h3-6H,7H2,1H3,(H2,12,13,15). The molecule has 1 amide bonds. The Morgan fingerprint density at radius 1 is 1.35 bits per heavy atom. The van der Waals surface area contributed by atoms with Crippen molar-refractivity contribution in [2.75, 3.05) is 6.79 Å². The fourth-order valence-corrected chi connectivity index (χ4v) is 0.930. The average molecular weight is 235 g/mol. The molecule has 2 N–H and O–H groups in total. The summed E-state index contributed by atoms with van der Waals surface area (Å²) in [7, 11) is 0. The van der Waals surface area contributed by atoms with Crippen molar-refractivity contribution in [3.8, 4) is 0 Å². The highest BCUT2D eigenvalue weighted by molar-refractivity contribution is 6.04. The van der Waals surface area contributed by atoms with Gasteiger partial charge in [-0.05, 0) is 6.07 Å². The molecule has 0 aliphatic heterocycles. The SMILES string of the molecule is CC(=O)OCOC(=O)NC(=N)c1cc[c]cc1. The Morgan fingerprint density at radius 3 is 2.59 bits per heavy atom. The van der Waals surface area contributed by atoms with Gasteiger partial charge in [0.05, 0.1) is 0 Å². The first-order valence-electron chi connectivity index (χ1n) is 4.72. The molecule has 0 aliphatic carbocycles. The highest BCUT2D eigenvalue weighted by Crippen LogP contribution is 1.97. The van der Waals surface area contributed by atoms with E-state index in [1.165, 1.54) is 6.92 Å². The first-order valence-corrected chi connectivity index (χ1v) is 4.72. The number of hydrogen-bond donors (Lipinski definition) is 2. The van der Waals surface area contributed by atoms with Crippen LogP contribution in [0.3, 0.4) is 0 Å². The second-order valence-electron chi connectivity index (χ2n) is 2.97. The lowest BCUT2D eigenvalue weighted by atomic mass is 10.2. The second-order valence-corrected chi connectivity index (χ2v) is 2.97.